The molecule has 0 rings (SSSR count). The van der Waals surface area contributed by atoms with Crippen molar-refractivity contribution in [1.82, 2.24) is 0 Å². The van der Waals surface area contributed by atoms with Gasteiger partial charge in [-0.1, -0.05) is 19.1 Å². The molecule has 0 aliphatic rings. The molecule has 0 aliphatic carbocycles. The third-order valence-electron chi connectivity index (χ3n) is 0.455. The van der Waals surface area contributed by atoms with E-state index in [9.17, 15) is 0 Å². The maximum atomic E-state index is 5.52. The quantitative estimate of drug-likeness (QED) is 0.407. The van der Waals surface area contributed by atoms with E-state index in [2.05, 4.69) is 0 Å². The van der Waals surface area contributed by atoms with Crippen molar-refractivity contribution >= 4 is 23.5 Å². The maximum absolute atomic E-state index is 5.52. The molecule has 0 bridgehead atoms. The van der Waals surface area contributed by atoms with E-state index in [0.717, 1.165) is 0 Å². The van der Waals surface area contributed by atoms with Crippen molar-refractivity contribution in [3.8, 4) is 0 Å². The van der Waals surface area contributed by atoms with Crippen molar-refractivity contribution in [1.29, 1.82) is 0 Å². The van der Waals surface area contributed by atoms with E-state index >= 15 is 0 Å². The second-order valence-electron chi connectivity index (χ2n) is 2.13. The largest absolute Gasteiger partial charge is 0.320 e. The Balaban J connectivity index is 3.15. The smallest absolute Gasteiger partial charge is 0.158 e. The second kappa shape index (κ2) is 2.74. The number of hydrogen-bond acceptors (Lipinski definition) is 1. The highest BCUT2D eigenvalue weighted by molar-refractivity contribution is 7.69. The Morgan fingerprint density at radius 1 is 1.71 bits per heavy atom. The molecule has 0 saturated heterocycles. The Hall–Kier alpha value is 0.520. The Bertz CT molecular complexity index is 51.4. The van der Waals surface area contributed by atoms with Crippen LogP contribution in [0.5, 0.6) is 0 Å². The fraction of sp³-hybridized carbons (Fsp3) is 1.00. The lowest BCUT2D eigenvalue weighted by Crippen LogP contribution is -2.09. The van der Waals surface area contributed by atoms with Crippen molar-refractivity contribution in [3.63, 3.8) is 0 Å². The highest BCUT2D eigenvalue weighted by atomic mass is 31.1. The number of hydrogen-bond donors (Lipinski definition) is 1. The van der Waals surface area contributed by atoms with Crippen LogP contribution in [0.2, 0.25) is 5.21 Å². The Morgan fingerprint density at radius 3 is 2.14 bits per heavy atom. The standard InChI is InChI=1S/C3H9B2NP/c1-3(2,4)5-7-6/h7H,6H2,1-2H3. The van der Waals surface area contributed by atoms with Gasteiger partial charge in [-0.2, -0.15) is 0 Å². The molecule has 0 spiro atoms. The molecule has 0 aliphatic heterocycles. The van der Waals surface area contributed by atoms with Gasteiger partial charge in [0, 0.05) is 0 Å². The van der Waals surface area contributed by atoms with Gasteiger partial charge in [-0.25, -0.2) is 0 Å². The Kier molecular flexibility index (Phi) is 2.94. The molecule has 1 nitrogen and oxygen atoms in total. The molecule has 2 N–H and O–H groups in total. The van der Waals surface area contributed by atoms with Crippen LogP contribution >= 0.6 is 8.61 Å². The van der Waals surface area contributed by atoms with E-state index in [0.29, 0.717) is 8.61 Å². The molecule has 37 valence electrons. The zero-order valence-corrected chi connectivity index (χ0v) is 5.73. The van der Waals surface area contributed by atoms with Gasteiger partial charge in [0.2, 0.25) is 0 Å². The molecular formula is C3H9B2NP. The third kappa shape index (κ3) is 6.52. The summed E-state index contributed by atoms with van der Waals surface area (Å²) in [6.07, 6.45) is 0. The number of nitrogens with two attached hydrogens (primary N) is 1. The van der Waals surface area contributed by atoms with Crippen molar-refractivity contribution < 1.29 is 0 Å². The summed E-state index contributed by atoms with van der Waals surface area (Å²) in [4.78, 5) is 0. The van der Waals surface area contributed by atoms with Gasteiger partial charge in [0.15, 0.2) is 7.00 Å². The summed E-state index contributed by atoms with van der Waals surface area (Å²) < 4.78 is 0. The van der Waals surface area contributed by atoms with E-state index in [1.807, 2.05) is 20.8 Å². The van der Waals surface area contributed by atoms with Crippen LogP contribution in [-0.2, 0) is 0 Å². The topological polar surface area (TPSA) is 26.0 Å². The van der Waals surface area contributed by atoms with E-state index in [1.54, 1.807) is 0 Å². The van der Waals surface area contributed by atoms with Crippen LogP contribution in [-0.4, -0.2) is 14.8 Å². The second-order valence-corrected chi connectivity index (χ2v) is 2.75. The number of rotatable bonds is 2. The Morgan fingerprint density at radius 2 is 2.14 bits per heavy atom. The minimum atomic E-state index is -0.187. The molecular weight excluding hydrogens is 103 g/mol. The fourth-order valence-corrected chi connectivity index (χ4v) is 0.644. The first kappa shape index (κ1) is 7.52. The van der Waals surface area contributed by atoms with Crippen LogP contribution in [0.1, 0.15) is 13.8 Å². The van der Waals surface area contributed by atoms with Crippen LogP contribution in [0.15, 0.2) is 0 Å². The maximum Gasteiger partial charge on any atom is 0.158 e. The first-order chi connectivity index (χ1) is 3.06. The molecule has 7 heavy (non-hydrogen) atoms. The molecule has 0 amide bonds. The first-order valence-electron chi connectivity index (χ1n) is 2.15. The fourth-order valence-electron chi connectivity index (χ4n) is 0.215. The summed E-state index contributed by atoms with van der Waals surface area (Å²) in [5.41, 5.74) is 5.21. The van der Waals surface area contributed by atoms with Crippen molar-refractivity contribution in [2.45, 2.75) is 19.1 Å². The predicted molar refractivity (Wildman–Crippen MR) is 38.1 cm³/mol. The lowest BCUT2D eigenvalue weighted by Gasteiger charge is -2.13. The minimum Gasteiger partial charge on any atom is -0.320 e. The van der Waals surface area contributed by atoms with E-state index < -0.39 is 0 Å². The van der Waals surface area contributed by atoms with E-state index in [-0.39, 0.29) is 5.21 Å². The average molecular weight is 112 g/mol. The van der Waals surface area contributed by atoms with Crippen LogP contribution in [0, 0.1) is 0 Å². The molecule has 0 aromatic carbocycles. The van der Waals surface area contributed by atoms with Crippen LogP contribution in [0.3, 0.4) is 0 Å². The molecule has 1 atom stereocenters. The van der Waals surface area contributed by atoms with Crippen molar-refractivity contribution in [2.24, 2.45) is 5.50 Å². The minimum absolute atomic E-state index is 0.187. The molecule has 4 heteroatoms. The molecule has 0 aromatic heterocycles. The van der Waals surface area contributed by atoms with Gasteiger partial charge in [0.05, 0.1) is 7.85 Å². The molecule has 0 heterocycles. The average Bonchev–Trinajstić information content (AvgIpc) is 1.30. The van der Waals surface area contributed by atoms with Gasteiger partial charge < -0.3 is 5.50 Å². The Labute approximate surface area is 48.9 Å². The molecule has 3 radical (unpaired) electrons. The molecule has 0 saturated carbocycles. The van der Waals surface area contributed by atoms with Crippen molar-refractivity contribution in [2.75, 3.05) is 0 Å². The lowest BCUT2D eigenvalue weighted by molar-refractivity contribution is 0.967. The zero-order chi connectivity index (χ0) is 5.91. The van der Waals surface area contributed by atoms with Gasteiger partial charge in [0.1, 0.15) is 0 Å². The zero-order valence-electron chi connectivity index (χ0n) is 4.73. The summed E-state index contributed by atoms with van der Waals surface area (Å²) in [7, 11) is 5.88. The van der Waals surface area contributed by atoms with E-state index in [4.69, 9.17) is 13.4 Å². The summed E-state index contributed by atoms with van der Waals surface area (Å²) in [6, 6.07) is 0. The monoisotopic (exact) mass is 112 g/mol. The molecule has 0 aromatic rings. The molecule has 0 fully saturated rings. The van der Waals surface area contributed by atoms with Crippen LogP contribution in [0.25, 0.3) is 0 Å². The van der Waals surface area contributed by atoms with Crippen LogP contribution in [0.4, 0.5) is 0 Å². The van der Waals surface area contributed by atoms with Crippen molar-refractivity contribution in [3.05, 3.63) is 0 Å². The van der Waals surface area contributed by atoms with Gasteiger partial charge in [-0.05, 0) is 0 Å². The molecule has 1 unspecified atom stereocenters. The van der Waals surface area contributed by atoms with Crippen LogP contribution < -0.4 is 5.50 Å². The van der Waals surface area contributed by atoms with Gasteiger partial charge in [0.25, 0.3) is 0 Å². The third-order valence-corrected chi connectivity index (χ3v) is 1.37. The predicted octanol–water partition coefficient (Wildman–Crippen LogP) is 0.482. The SMILES string of the molecule is [B]C(C)(C)[B]PN. The van der Waals surface area contributed by atoms with Gasteiger partial charge in [-0.15, -0.1) is 8.61 Å². The highest BCUT2D eigenvalue weighted by Gasteiger charge is 2.08. The normalized spacial score (nSPS) is 13.0. The summed E-state index contributed by atoms with van der Waals surface area (Å²) in [6.45, 7) is 5.74. The lowest BCUT2D eigenvalue weighted by atomic mass is 9.56. The summed E-state index contributed by atoms with van der Waals surface area (Å²) in [5.74, 6) is 0. The van der Waals surface area contributed by atoms with Gasteiger partial charge >= 0.3 is 0 Å². The highest BCUT2D eigenvalue weighted by Crippen LogP contribution is 2.20. The van der Waals surface area contributed by atoms with Gasteiger partial charge in [-0.3, -0.25) is 0 Å². The summed E-state index contributed by atoms with van der Waals surface area (Å²) >= 11 is 0. The first-order valence-corrected chi connectivity index (χ1v) is 3.31. The van der Waals surface area contributed by atoms with E-state index in [1.165, 1.54) is 0 Å². The summed E-state index contributed by atoms with van der Waals surface area (Å²) in [5, 5.41) is -0.187.